The Balaban J connectivity index is 2.83. The van der Waals surface area contributed by atoms with Crippen LogP contribution in [0.5, 0.6) is 11.6 Å². The largest absolute Gasteiger partial charge is 0.497 e. The van der Waals surface area contributed by atoms with Gasteiger partial charge < -0.3 is 9.84 Å². The fourth-order valence-corrected chi connectivity index (χ4v) is 1.94. The number of nitrogens with one attached hydrogen (secondary N) is 1. The SMILES string of the molecule is COc1ccc(Br)c(-n2c(O)c(F)c(=O)[nH]c2=O)c1. The van der Waals surface area contributed by atoms with Crippen molar-refractivity contribution in [2.45, 2.75) is 0 Å². The zero-order chi connectivity index (χ0) is 14.2. The molecule has 1 aromatic heterocycles. The molecule has 0 spiro atoms. The monoisotopic (exact) mass is 330 g/mol. The van der Waals surface area contributed by atoms with Crippen molar-refractivity contribution in [1.82, 2.24) is 9.55 Å². The lowest BCUT2D eigenvalue weighted by Gasteiger charge is -2.11. The number of nitrogens with zero attached hydrogens (tertiary/aromatic N) is 1. The van der Waals surface area contributed by atoms with E-state index < -0.39 is 22.9 Å². The van der Waals surface area contributed by atoms with Crippen molar-refractivity contribution in [3.8, 4) is 17.3 Å². The highest BCUT2D eigenvalue weighted by atomic mass is 79.9. The van der Waals surface area contributed by atoms with Crippen LogP contribution in [0.25, 0.3) is 5.69 Å². The second-order valence-corrected chi connectivity index (χ2v) is 4.40. The molecule has 1 aromatic carbocycles. The van der Waals surface area contributed by atoms with Crippen LogP contribution in [0.3, 0.4) is 0 Å². The van der Waals surface area contributed by atoms with Gasteiger partial charge in [-0.25, -0.2) is 9.36 Å². The number of aromatic amines is 1. The molecule has 0 amide bonds. The van der Waals surface area contributed by atoms with Crippen LogP contribution in [-0.2, 0) is 0 Å². The first-order chi connectivity index (χ1) is 8.95. The minimum Gasteiger partial charge on any atom is -0.497 e. The van der Waals surface area contributed by atoms with Crippen molar-refractivity contribution >= 4 is 15.9 Å². The van der Waals surface area contributed by atoms with Gasteiger partial charge in [0.2, 0.25) is 11.7 Å². The number of hydrogen-bond donors (Lipinski definition) is 2. The molecule has 2 rings (SSSR count). The van der Waals surface area contributed by atoms with Crippen molar-refractivity contribution in [2.75, 3.05) is 7.11 Å². The van der Waals surface area contributed by atoms with Crippen molar-refractivity contribution in [3.63, 3.8) is 0 Å². The third-order valence-corrected chi connectivity index (χ3v) is 3.10. The van der Waals surface area contributed by atoms with Crippen LogP contribution in [0.15, 0.2) is 32.3 Å². The standard InChI is InChI=1S/C11H8BrFN2O4/c1-19-5-2-3-6(12)7(4-5)15-10(17)8(13)9(16)14-11(15)18/h2-4,17H,1H3,(H,14,16,18). The summed E-state index contributed by atoms with van der Waals surface area (Å²) < 4.78 is 19.4. The van der Waals surface area contributed by atoms with Crippen LogP contribution >= 0.6 is 15.9 Å². The third-order valence-electron chi connectivity index (χ3n) is 2.43. The van der Waals surface area contributed by atoms with E-state index in [1.165, 1.54) is 13.2 Å². The van der Waals surface area contributed by atoms with Gasteiger partial charge in [-0.15, -0.1) is 0 Å². The maximum absolute atomic E-state index is 13.4. The van der Waals surface area contributed by atoms with Crippen LogP contribution in [0.4, 0.5) is 4.39 Å². The van der Waals surface area contributed by atoms with Gasteiger partial charge in [0.15, 0.2) is 0 Å². The predicted molar refractivity (Wildman–Crippen MR) is 68.5 cm³/mol. The molecule has 8 heteroatoms. The lowest BCUT2D eigenvalue weighted by atomic mass is 10.3. The lowest BCUT2D eigenvalue weighted by Crippen LogP contribution is -2.31. The van der Waals surface area contributed by atoms with E-state index in [1.807, 2.05) is 0 Å². The van der Waals surface area contributed by atoms with Crippen LogP contribution in [0, 0.1) is 5.82 Å². The van der Waals surface area contributed by atoms with E-state index in [0.29, 0.717) is 14.8 Å². The third kappa shape index (κ3) is 2.26. The Kier molecular flexibility index (Phi) is 3.43. The van der Waals surface area contributed by atoms with Crippen LogP contribution in [-0.4, -0.2) is 21.8 Å². The Labute approximate surface area is 114 Å². The van der Waals surface area contributed by atoms with Gasteiger partial charge in [0, 0.05) is 10.5 Å². The molecule has 100 valence electrons. The summed E-state index contributed by atoms with van der Waals surface area (Å²) in [6.45, 7) is 0. The normalized spacial score (nSPS) is 10.5. The van der Waals surface area contributed by atoms with Crippen LogP contribution in [0.2, 0.25) is 0 Å². The maximum atomic E-state index is 13.4. The number of aromatic nitrogens is 2. The number of H-pyrrole nitrogens is 1. The van der Waals surface area contributed by atoms with Gasteiger partial charge in [-0.3, -0.25) is 9.78 Å². The smallest absolute Gasteiger partial charge is 0.335 e. The zero-order valence-electron chi connectivity index (χ0n) is 9.61. The van der Waals surface area contributed by atoms with E-state index in [1.54, 1.807) is 17.1 Å². The lowest BCUT2D eigenvalue weighted by molar-refractivity contribution is 0.385. The molecule has 2 N–H and O–H groups in total. The van der Waals surface area contributed by atoms with Gasteiger partial charge in [0.25, 0.3) is 5.56 Å². The van der Waals surface area contributed by atoms with Crippen molar-refractivity contribution in [1.29, 1.82) is 0 Å². The summed E-state index contributed by atoms with van der Waals surface area (Å²) in [5, 5.41) is 9.61. The number of methoxy groups -OCH3 is 1. The minimum absolute atomic E-state index is 0.136. The molecule has 0 saturated heterocycles. The first-order valence-electron chi connectivity index (χ1n) is 5.03. The van der Waals surface area contributed by atoms with Crippen LogP contribution in [0.1, 0.15) is 0 Å². The fraction of sp³-hybridized carbons (Fsp3) is 0.0909. The van der Waals surface area contributed by atoms with E-state index in [2.05, 4.69) is 15.9 Å². The van der Waals surface area contributed by atoms with Gasteiger partial charge >= 0.3 is 5.69 Å². The number of hydrogen-bond acceptors (Lipinski definition) is 4. The minimum atomic E-state index is -1.44. The number of benzene rings is 1. The number of halogens is 2. The summed E-state index contributed by atoms with van der Waals surface area (Å²) in [4.78, 5) is 24.5. The molecule has 0 atom stereocenters. The van der Waals surface area contributed by atoms with Crippen molar-refractivity contribution < 1.29 is 14.2 Å². The summed E-state index contributed by atoms with van der Waals surface area (Å²) in [6.07, 6.45) is 0. The molecule has 0 unspecified atom stereocenters. The molecular formula is C11H8BrFN2O4. The molecule has 0 aliphatic carbocycles. The summed E-state index contributed by atoms with van der Waals surface area (Å²) in [5.74, 6) is -2.10. The Bertz CT molecular complexity index is 753. The van der Waals surface area contributed by atoms with E-state index >= 15 is 0 Å². The molecule has 0 fully saturated rings. The molecule has 1 heterocycles. The molecule has 0 saturated carbocycles. The molecule has 2 aromatic rings. The summed E-state index contributed by atoms with van der Waals surface area (Å²) in [6, 6.07) is 4.57. The topological polar surface area (TPSA) is 84.3 Å². The first-order valence-corrected chi connectivity index (χ1v) is 5.82. The predicted octanol–water partition coefficient (Wildman–Crippen LogP) is 1.14. The average molecular weight is 331 g/mol. The summed E-state index contributed by atoms with van der Waals surface area (Å²) >= 11 is 3.17. The molecular weight excluding hydrogens is 323 g/mol. The zero-order valence-corrected chi connectivity index (χ0v) is 11.2. The maximum Gasteiger partial charge on any atom is 0.335 e. The Morgan fingerprint density at radius 3 is 2.74 bits per heavy atom. The molecule has 0 aliphatic heterocycles. The highest BCUT2D eigenvalue weighted by Gasteiger charge is 2.17. The fourth-order valence-electron chi connectivity index (χ4n) is 1.52. The quantitative estimate of drug-likeness (QED) is 0.864. The van der Waals surface area contributed by atoms with Gasteiger partial charge in [0.1, 0.15) is 5.75 Å². The van der Waals surface area contributed by atoms with E-state index in [9.17, 15) is 19.1 Å². The van der Waals surface area contributed by atoms with Gasteiger partial charge in [-0.2, -0.15) is 4.39 Å². The van der Waals surface area contributed by atoms with Crippen molar-refractivity contribution in [3.05, 3.63) is 49.3 Å². The Morgan fingerprint density at radius 2 is 2.11 bits per heavy atom. The van der Waals surface area contributed by atoms with Gasteiger partial charge in [-0.05, 0) is 28.1 Å². The molecule has 0 radical (unpaired) electrons. The van der Waals surface area contributed by atoms with Gasteiger partial charge in [-0.1, -0.05) is 0 Å². The summed E-state index contributed by atoms with van der Waals surface area (Å²) in [5.41, 5.74) is -2.10. The average Bonchev–Trinajstić information content (AvgIpc) is 2.38. The second kappa shape index (κ2) is 4.88. The van der Waals surface area contributed by atoms with Crippen LogP contribution < -0.4 is 16.0 Å². The highest BCUT2D eigenvalue weighted by Crippen LogP contribution is 2.27. The molecule has 19 heavy (non-hydrogen) atoms. The molecule has 0 bridgehead atoms. The number of aromatic hydroxyl groups is 1. The van der Waals surface area contributed by atoms with E-state index in [-0.39, 0.29) is 5.69 Å². The molecule has 6 nitrogen and oxygen atoms in total. The van der Waals surface area contributed by atoms with Crippen molar-refractivity contribution in [2.24, 2.45) is 0 Å². The number of ether oxygens (including phenoxy) is 1. The van der Waals surface area contributed by atoms with E-state index in [0.717, 1.165) is 0 Å². The number of rotatable bonds is 2. The Morgan fingerprint density at radius 1 is 1.42 bits per heavy atom. The van der Waals surface area contributed by atoms with Gasteiger partial charge in [0.05, 0.1) is 12.8 Å². The molecule has 0 aliphatic rings. The summed E-state index contributed by atoms with van der Waals surface area (Å²) in [7, 11) is 1.42. The second-order valence-electron chi connectivity index (χ2n) is 3.55. The highest BCUT2D eigenvalue weighted by molar-refractivity contribution is 9.10. The van der Waals surface area contributed by atoms with E-state index in [4.69, 9.17) is 4.74 Å². The Hall–Kier alpha value is -2.09. The first kappa shape index (κ1) is 13.3.